The number of rotatable bonds is 3. The Bertz CT molecular complexity index is 1220. The van der Waals surface area contributed by atoms with Crippen molar-refractivity contribution in [3.05, 3.63) is 70.5 Å². The number of aryl methyl sites for hydroxylation is 2. The van der Waals surface area contributed by atoms with Gasteiger partial charge in [0, 0.05) is 37.5 Å². The van der Waals surface area contributed by atoms with E-state index in [2.05, 4.69) is 20.5 Å². The number of carbonyl (C=O) groups is 1. The van der Waals surface area contributed by atoms with Crippen molar-refractivity contribution in [2.24, 2.45) is 17.3 Å². The summed E-state index contributed by atoms with van der Waals surface area (Å²) >= 11 is 0. The van der Waals surface area contributed by atoms with Crippen LogP contribution in [0.1, 0.15) is 36.7 Å². The van der Waals surface area contributed by atoms with Crippen LogP contribution in [-0.2, 0) is 23.4 Å². The second-order valence-corrected chi connectivity index (χ2v) is 8.52. The van der Waals surface area contributed by atoms with Gasteiger partial charge in [-0.3, -0.25) is 9.69 Å². The SMILES string of the molecule is CC[C@]1(c2cccc(C(F)(F)F)c2)C2=CN=NC2NC2=C1C(=O)N(c1cn(C)c(C)n1)CC2. The summed E-state index contributed by atoms with van der Waals surface area (Å²) in [6.45, 7) is 4.14. The van der Waals surface area contributed by atoms with Crippen molar-refractivity contribution in [1.82, 2.24) is 14.9 Å². The lowest BCUT2D eigenvalue weighted by atomic mass is 9.62. The minimum atomic E-state index is -4.50. The Morgan fingerprint density at radius 1 is 1.30 bits per heavy atom. The number of fused-ring (bicyclic) bond motifs is 1. The molecule has 1 aromatic heterocycles. The third-order valence-electron chi connectivity index (χ3n) is 6.84. The fourth-order valence-electron chi connectivity index (χ4n) is 5.10. The molecule has 4 heterocycles. The van der Waals surface area contributed by atoms with Crippen molar-refractivity contribution in [3.63, 3.8) is 0 Å². The minimum Gasteiger partial charge on any atom is -0.362 e. The van der Waals surface area contributed by atoms with Crippen molar-refractivity contribution >= 4 is 11.7 Å². The number of azo groups is 1. The van der Waals surface area contributed by atoms with E-state index in [-0.39, 0.29) is 5.91 Å². The van der Waals surface area contributed by atoms with Gasteiger partial charge in [-0.15, -0.1) is 0 Å². The quantitative estimate of drug-likeness (QED) is 0.746. The van der Waals surface area contributed by atoms with Crippen LogP contribution in [0.2, 0.25) is 0 Å². The summed E-state index contributed by atoms with van der Waals surface area (Å²) in [6.07, 6.45) is -0.756. The topological polar surface area (TPSA) is 74.9 Å². The monoisotopic (exact) mass is 456 g/mol. The average molecular weight is 456 g/mol. The number of imidazole rings is 1. The summed E-state index contributed by atoms with van der Waals surface area (Å²) in [5, 5.41) is 11.6. The number of hydrogen-bond donors (Lipinski definition) is 1. The maximum atomic E-state index is 14.0. The standard InChI is InChI=1S/C23H23F3N6O/c1-4-22(14-6-5-7-15(10-14)23(24,25)26)16-11-27-30-20(16)29-17-8-9-32(21(33)19(17)22)18-12-31(3)13(2)28-18/h5-7,10-12,20,29H,4,8-9H2,1-3H3/t20?,22-/m0/s1. The first kappa shape index (κ1) is 21.4. The summed E-state index contributed by atoms with van der Waals surface area (Å²) in [4.78, 5) is 20.1. The number of anilines is 1. The number of nitrogens with zero attached hydrogens (tertiary/aromatic N) is 5. The molecule has 0 spiro atoms. The molecule has 0 bridgehead atoms. The smallest absolute Gasteiger partial charge is 0.362 e. The highest BCUT2D eigenvalue weighted by Crippen LogP contribution is 2.51. The van der Waals surface area contributed by atoms with Crippen molar-refractivity contribution in [2.45, 2.75) is 44.4 Å². The molecule has 0 saturated carbocycles. The van der Waals surface area contributed by atoms with E-state index in [1.807, 2.05) is 25.5 Å². The van der Waals surface area contributed by atoms with Gasteiger partial charge in [0.05, 0.1) is 22.8 Å². The molecule has 172 valence electrons. The maximum Gasteiger partial charge on any atom is 0.416 e. The van der Waals surface area contributed by atoms with Crippen LogP contribution >= 0.6 is 0 Å². The first-order chi connectivity index (χ1) is 15.7. The molecule has 1 unspecified atom stereocenters. The van der Waals surface area contributed by atoms with E-state index < -0.39 is 23.3 Å². The van der Waals surface area contributed by atoms with Crippen LogP contribution in [0.15, 0.2) is 63.7 Å². The molecular weight excluding hydrogens is 433 g/mol. The molecule has 0 aliphatic carbocycles. The molecule has 10 heteroatoms. The Morgan fingerprint density at radius 2 is 2.09 bits per heavy atom. The first-order valence-corrected chi connectivity index (χ1v) is 10.8. The second kappa shape index (κ2) is 7.29. The van der Waals surface area contributed by atoms with Gasteiger partial charge in [-0.2, -0.15) is 23.4 Å². The molecule has 1 aromatic carbocycles. The Labute approximate surface area is 188 Å². The van der Waals surface area contributed by atoms with Gasteiger partial charge >= 0.3 is 6.18 Å². The van der Waals surface area contributed by atoms with Gasteiger partial charge in [-0.25, -0.2) is 4.98 Å². The molecule has 5 rings (SSSR count). The van der Waals surface area contributed by atoms with Gasteiger partial charge < -0.3 is 9.88 Å². The molecule has 1 amide bonds. The Kier molecular flexibility index (Phi) is 4.73. The molecule has 2 aromatic rings. The summed E-state index contributed by atoms with van der Waals surface area (Å²) in [6, 6.07) is 5.24. The first-order valence-electron chi connectivity index (χ1n) is 10.8. The van der Waals surface area contributed by atoms with Crippen LogP contribution in [0.4, 0.5) is 19.0 Å². The van der Waals surface area contributed by atoms with Crippen molar-refractivity contribution in [2.75, 3.05) is 11.4 Å². The number of nitrogens with one attached hydrogen (secondary N) is 1. The normalized spacial score (nSPS) is 24.5. The Balaban J connectivity index is 1.71. The number of aromatic nitrogens is 2. The lowest BCUT2D eigenvalue weighted by molar-refractivity contribution is -0.137. The Morgan fingerprint density at radius 3 is 2.76 bits per heavy atom. The third-order valence-corrected chi connectivity index (χ3v) is 6.84. The second-order valence-electron chi connectivity index (χ2n) is 8.52. The highest BCUT2D eigenvalue weighted by Gasteiger charge is 2.53. The van der Waals surface area contributed by atoms with Gasteiger partial charge in [0.25, 0.3) is 5.91 Å². The maximum absolute atomic E-state index is 14.0. The largest absolute Gasteiger partial charge is 0.416 e. The molecule has 0 fully saturated rings. The van der Waals surface area contributed by atoms with Gasteiger partial charge in [0.15, 0.2) is 12.0 Å². The lowest BCUT2D eigenvalue weighted by Crippen LogP contribution is -2.54. The molecule has 3 aliphatic rings. The van der Waals surface area contributed by atoms with E-state index >= 15 is 0 Å². The fraction of sp³-hybridized carbons (Fsp3) is 0.391. The summed E-state index contributed by atoms with van der Waals surface area (Å²) in [7, 11) is 1.85. The van der Waals surface area contributed by atoms with Crippen LogP contribution in [0.25, 0.3) is 0 Å². The predicted octanol–water partition coefficient (Wildman–Crippen LogP) is 4.37. The van der Waals surface area contributed by atoms with Crippen molar-refractivity contribution in [1.29, 1.82) is 0 Å². The zero-order valence-corrected chi connectivity index (χ0v) is 18.4. The van der Waals surface area contributed by atoms with E-state index in [9.17, 15) is 18.0 Å². The minimum absolute atomic E-state index is 0.271. The van der Waals surface area contributed by atoms with Crippen LogP contribution in [-0.4, -0.2) is 28.2 Å². The lowest BCUT2D eigenvalue weighted by Gasteiger charge is -2.47. The molecular formula is C23H23F3N6O. The van der Waals surface area contributed by atoms with Crippen LogP contribution < -0.4 is 10.2 Å². The van der Waals surface area contributed by atoms with E-state index in [4.69, 9.17) is 0 Å². The number of alkyl halides is 3. The molecule has 7 nitrogen and oxygen atoms in total. The molecule has 0 radical (unpaired) electrons. The fourth-order valence-corrected chi connectivity index (χ4v) is 5.10. The van der Waals surface area contributed by atoms with Gasteiger partial charge in [0.1, 0.15) is 5.82 Å². The van der Waals surface area contributed by atoms with Gasteiger partial charge in [-0.1, -0.05) is 25.1 Å². The highest BCUT2D eigenvalue weighted by molar-refractivity contribution is 6.09. The predicted molar refractivity (Wildman–Crippen MR) is 115 cm³/mol. The number of carbonyl (C=O) groups excluding carboxylic acids is 1. The molecule has 3 aliphatic heterocycles. The van der Waals surface area contributed by atoms with Crippen LogP contribution in [0.5, 0.6) is 0 Å². The molecule has 0 saturated heterocycles. The number of benzene rings is 1. The number of amides is 1. The van der Waals surface area contributed by atoms with Crippen LogP contribution in [0.3, 0.4) is 0 Å². The van der Waals surface area contributed by atoms with Gasteiger partial charge in [-0.05, 0) is 25.0 Å². The zero-order valence-electron chi connectivity index (χ0n) is 18.4. The Hall–Kier alpha value is -3.43. The third kappa shape index (κ3) is 3.11. The van der Waals surface area contributed by atoms with Crippen molar-refractivity contribution in [3.8, 4) is 0 Å². The summed E-state index contributed by atoms with van der Waals surface area (Å²) < 4.78 is 42.6. The molecule has 1 N–H and O–H groups in total. The van der Waals surface area contributed by atoms with Crippen LogP contribution in [0, 0.1) is 6.92 Å². The average Bonchev–Trinajstić information content (AvgIpc) is 3.38. The summed E-state index contributed by atoms with van der Waals surface area (Å²) in [5.41, 5.74) is 0.383. The molecule has 2 atom stereocenters. The molecule has 33 heavy (non-hydrogen) atoms. The zero-order chi connectivity index (χ0) is 23.5. The highest BCUT2D eigenvalue weighted by atomic mass is 19.4. The van der Waals surface area contributed by atoms with E-state index in [0.717, 1.165) is 18.0 Å². The van der Waals surface area contributed by atoms with E-state index in [1.54, 1.807) is 23.4 Å². The van der Waals surface area contributed by atoms with Gasteiger partial charge in [0.2, 0.25) is 0 Å². The summed E-state index contributed by atoms with van der Waals surface area (Å²) in [5.74, 6) is 1.01. The van der Waals surface area contributed by atoms with E-state index in [0.29, 0.717) is 47.6 Å². The number of halogens is 3. The van der Waals surface area contributed by atoms with E-state index in [1.165, 1.54) is 6.07 Å². The van der Waals surface area contributed by atoms with Crippen molar-refractivity contribution < 1.29 is 18.0 Å². The number of hydrogen-bond acceptors (Lipinski definition) is 5.